The first-order valence-corrected chi connectivity index (χ1v) is 7.32. The van der Waals surface area contributed by atoms with E-state index in [0.717, 1.165) is 17.8 Å². The number of hydrogen-bond acceptors (Lipinski definition) is 2. The quantitative estimate of drug-likeness (QED) is 0.864. The van der Waals surface area contributed by atoms with E-state index in [1.165, 1.54) is 18.4 Å². The van der Waals surface area contributed by atoms with E-state index in [0.29, 0.717) is 17.1 Å². The molecule has 0 spiro atoms. The maximum atomic E-state index is 9.98. The first-order valence-electron chi connectivity index (χ1n) is 7.32. The average molecular weight is 260 g/mol. The fourth-order valence-corrected chi connectivity index (χ4v) is 4.56. The molecule has 1 N–H and O–H groups in total. The molecule has 1 aromatic carbocycles. The van der Waals surface area contributed by atoms with Crippen LogP contribution < -0.4 is 4.74 Å². The van der Waals surface area contributed by atoms with Gasteiger partial charge in [0.05, 0.1) is 7.11 Å². The minimum atomic E-state index is 0.272. The van der Waals surface area contributed by atoms with Crippen molar-refractivity contribution in [3.8, 4) is 11.5 Å². The van der Waals surface area contributed by atoms with Crippen LogP contribution in [0.3, 0.4) is 0 Å². The Kier molecular flexibility index (Phi) is 2.81. The fraction of sp³-hybridized carbons (Fsp3) is 0.647. The summed E-state index contributed by atoms with van der Waals surface area (Å²) in [6.07, 6.45) is 2.63. The molecule has 104 valence electrons. The first kappa shape index (κ1) is 12.8. The largest absolute Gasteiger partial charge is 0.504 e. The van der Waals surface area contributed by atoms with Crippen molar-refractivity contribution < 1.29 is 9.84 Å². The highest BCUT2D eigenvalue weighted by Crippen LogP contribution is 2.64. The number of rotatable bonds is 2. The lowest BCUT2D eigenvalue weighted by Crippen LogP contribution is -2.32. The Morgan fingerprint density at radius 3 is 2.53 bits per heavy atom. The normalized spacial score (nSPS) is 35.6. The summed E-state index contributed by atoms with van der Waals surface area (Å²) >= 11 is 0. The van der Waals surface area contributed by atoms with Crippen molar-refractivity contribution in [2.45, 2.75) is 39.5 Å². The van der Waals surface area contributed by atoms with Crippen LogP contribution >= 0.6 is 0 Å². The van der Waals surface area contributed by atoms with Gasteiger partial charge >= 0.3 is 0 Å². The van der Waals surface area contributed by atoms with Crippen LogP contribution in [0.25, 0.3) is 0 Å². The SMILES string of the molecule is COc1ccc([C@@H]2C[C@H]3C[C@@H]2C(C)(C)[C@H]3C)cc1O. The molecule has 0 aliphatic heterocycles. The highest BCUT2D eigenvalue weighted by Gasteiger charge is 2.55. The van der Waals surface area contributed by atoms with E-state index in [-0.39, 0.29) is 5.75 Å². The number of phenols is 1. The van der Waals surface area contributed by atoms with E-state index < -0.39 is 0 Å². The number of hydrogen-bond donors (Lipinski definition) is 1. The van der Waals surface area contributed by atoms with Gasteiger partial charge in [0.1, 0.15) is 0 Å². The second-order valence-electron chi connectivity index (χ2n) is 6.99. The van der Waals surface area contributed by atoms with E-state index in [2.05, 4.69) is 26.8 Å². The van der Waals surface area contributed by atoms with Crippen LogP contribution in [-0.2, 0) is 0 Å². The van der Waals surface area contributed by atoms with Gasteiger partial charge in [-0.05, 0) is 59.6 Å². The average Bonchev–Trinajstić information content (AvgIpc) is 2.90. The topological polar surface area (TPSA) is 29.5 Å². The molecule has 2 aliphatic rings. The summed E-state index contributed by atoms with van der Waals surface area (Å²) in [5, 5.41) is 9.98. The number of fused-ring (bicyclic) bond motifs is 2. The Morgan fingerprint density at radius 2 is 2.00 bits per heavy atom. The van der Waals surface area contributed by atoms with Gasteiger partial charge in [-0.15, -0.1) is 0 Å². The van der Waals surface area contributed by atoms with Gasteiger partial charge < -0.3 is 9.84 Å². The standard InChI is InChI=1S/C17H24O2/c1-10-12-7-13(14(8-12)17(10,2)3)11-5-6-16(19-4)15(18)9-11/h5-6,9-10,12-14,18H,7-8H2,1-4H3/t10-,12-,13-,14-/m0/s1. The summed E-state index contributed by atoms with van der Waals surface area (Å²) in [6.45, 7) is 7.24. The summed E-state index contributed by atoms with van der Waals surface area (Å²) in [6, 6.07) is 5.93. The van der Waals surface area contributed by atoms with E-state index in [1.54, 1.807) is 7.11 Å². The Hall–Kier alpha value is -1.18. The van der Waals surface area contributed by atoms with Crippen molar-refractivity contribution >= 4 is 0 Å². The maximum absolute atomic E-state index is 9.98. The van der Waals surface area contributed by atoms with Crippen LogP contribution in [0.4, 0.5) is 0 Å². The fourth-order valence-electron chi connectivity index (χ4n) is 4.56. The van der Waals surface area contributed by atoms with Gasteiger partial charge in [0, 0.05) is 0 Å². The lowest BCUT2D eigenvalue weighted by Gasteiger charge is -2.41. The molecule has 0 radical (unpaired) electrons. The zero-order valence-electron chi connectivity index (χ0n) is 12.3. The Morgan fingerprint density at radius 1 is 1.26 bits per heavy atom. The van der Waals surface area contributed by atoms with Crippen LogP contribution in [0.5, 0.6) is 11.5 Å². The van der Waals surface area contributed by atoms with Gasteiger partial charge in [-0.3, -0.25) is 0 Å². The molecule has 2 bridgehead atoms. The third kappa shape index (κ3) is 1.76. The molecule has 0 heterocycles. The van der Waals surface area contributed by atoms with Crippen molar-refractivity contribution in [1.82, 2.24) is 0 Å². The molecule has 2 heteroatoms. The molecule has 0 saturated heterocycles. The Labute approximate surface area is 115 Å². The third-order valence-electron chi connectivity index (χ3n) is 6.07. The third-order valence-corrected chi connectivity index (χ3v) is 6.07. The number of aromatic hydroxyl groups is 1. The van der Waals surface area contributed by atoms with Crippen molar-refractivity contribution in [1.29, 1.82) is 0 Å². The molecular formula is C17H24O2. The monoisotopic (exact) mass is 260 g/mol. The van der Waals surface area contributed by atoms with Gasteiger partial charge in [-0.2, -0.15) is 0 Å². The minimum Gasteiger partial charge on any atom is -0.504 e. The molecule has 2 fully saturated rings. The molecule has 2 nitrogen and oxygen atoms in total. The van der Waals surface area contributed by atoms with Crippen molar-refractivity contribution in [2.75, 3.05) is 7.11 Å². The van der Waals surface area contributed by atoms with Crippen LogP contribution in [0.2, 0.25) is 0 Å². The molecule has 19 heavy (non-hydrogen) atoms. The highest BCUT2D eigenvalue weighted by molar-refractivity contribution is 5.43. The molecule has 0 amide bonds. The lowest BCUT2D eigenvalue weighted by atomic mass is 9.64. The first-order chi connectivity index (χ1) is 8.95. The van der Waals surface area contributed by atoms with Crippen molar-refractivity contribution in [2.24, 2.45) is 23.2 Å². The van der Waals surface area contributed by atoms with Gasteiger partial charge in [0.2, 0.25) is 0 Å². The Balaban J connectivity index is 1.91. The van der Waals surface area contributed by atoms with E-state index in [9.17, 15) is 5.11 Å². The smallest absolute Gasteiger partial charge is 0.160 e. The number of ether oxygens (including phenoxy) is 1. The van der Waals surface area contributed by atoms with Gasteiger partial charge in [0.25, 0.3) is 0 Å². The summed E-state index contributed by atoms with van der Waals surface area (Å²) in [5.74, 6) is 3.87. The van der Waals surface area contributed by atoms with E-state index in [1.807, 2.05) is 12.1 Å². The van der Waals surface area contributed by atoms with E-state index in [4.69, 9.17) is 4.74 Å². The minimum absolute atomic E-state index is 0.272. The molecule has 0 aromatic heterocycles. The summed E-state index contributed by atoms with van der Waals surface area (Å²) in [7, 11) is 1.59. The summed E-state index contributed by atoms with van der Waals surface area (Å²) in [5.41, 5.74) is 1.70. The highest BCUT2D eigenvalue weighted by atomic mass is 16.5. The van der Waals surface area contributed by atoms with Crippen LogP contribution in [0.1, 0.15) is 45.1 Å². The summed E-state index contributed by atoms with van der Waals surface area (Å²) < 4.78 is 5.13. The van der Waals surface area contributed by atoms with Crippen LogP contribution in [0, 0.1) is 23.2 Å². The molecule has 1 aromatic rings. The summed E-state index contributed by atoms with van der Waals surface area (Å²) in [4.78, 5) is 0. The zero-order chi connectivity index (χ0) is 13.8. The molecule has 0 unspecified atom stereocenters. The molecule has 2 saturated carbocycles. The molecular weight excluding hydrogens is 236 g/mol. The predicted octanol–water partition coefficient (Wildman–Crippen LogP) is 4.19. The van der Waals surface area contributed by atoms with Gasteiger partial charge in [-0.25, -0.2) is 0 Å². The lowest BCUT2D eigenvalue weighted by molar-refractivity contribution is 0.118. The number of methoxy groups -OCH3 is 1. The molecule has 2 aliphatic carbocycles. The van der Waals surface area contributed by atoms with Crippen molar-refractivity contribution in [3.05, 3.63) is 23.8 Å². The number of phenolic OH excluding ortho intramolecular Hbond substituents is 1. The van der Waals surface area contributed by atoms with Crippen LogP contribution in [-0.4, -0.2) is 12.2 Å². The molecule has 4 atom stereocenters. The predicted molar refractivity (Wildman–Crippen MR) is 76.6 cm³/mol. The zero-order valence-corrected chi connectivity index (χ0v) is 12.3. The number of benzene rings is 1. The second kappa shape index (κ2) is 4.16. The maximum Gasteiger partial charge on any atom is 0.160 e. The van der Waals surface area contributed by atoms with Crippen LogP contribution in [0.15, 0.2) is 18.2 Å². The second-order valence-corrected chi connectivity index (χ2v) is 6.99. The van der Waals surface area contributed by atoms with Crippen molar-refractivity contribution in [3.63, 3.8) is 0 Å². The van der Waals surface area contributed by atoms with E-state index >= 15 is 0 Å². The van der Waals surface area contributed by atoms with Gasteiger partial charge in [-0.1, -0.05) is 26.8 Å². The van der Waals surface area contributed by atoms with Gasteiger partial charge in [0.15, 0.2) is 11.5 Å². The Bertz CT molecular complexity index is 492. The molecule has 3 rings (SSSR count).